The van der Waals surface area contributed by atoms with E-state index in [0.29, 0.717) is 11.8 Å². The van der Waals surface area contributed by atoms with Gasteiger partial charge in [0.25, 0.3) is 0 Å². The number of fused-ring (bicyclic) bond motifs is 2. The summed E-state index contributed by atoms with van der Waals surface area (Å²) in [5, 5.41) is 8.23. The Labute approximate surface area is 143 Å². The summed E-state index contributed by atoms with van der Waals surface area (Å²) in [5.74, 6) is 1.15. The van der Waals surface area contributed by atoms with Crippen molar-refractivity contribution in [3.8, 4) is 0 Å². The first-order valence-corrected chi connectivity index (χ1v) is 8.55. The first-order chi connectivity index (χ1) is 11.6. The van der Waals surface area contributed by atoms with Crippen molar-refractivity contribution in [1.29, 1.82) is 0 Å². The number of pyridine rings is 1. The molecule has 0 fully saturated rings. The van der Waals surface area contributed by atoms with Crippen molar-refractivity contribution in [2.75, 3.05) is 0 Å². The van der Waals surface area contributed by atoms with Gasteiger partial charge in [-0.2, -0.15) is 5.10 Å². The average Bonchev–Trinajstić information content (AvgIpc) is 3.23. The summed E-state index contributed by atoms with van der Waals surface area (Å²) in [5.41, 5.74) is 5.26. The van der Waals surface area contributed by atoms with E-state index in [1.807, 2.05) is 6.20 Å². The standard InChI is InChI=1S/C11H13N.C10H12N2/c1-9(2)10-5-3-7-12-8-4-6-11(10)12;1-7(2)9-5-3-4-8-6-11-12-10(8)9/h3-9H,1-2H3;3-7H,1-2H3,(H,11,12). The molecule has 3 nitrogen and oxygen atoms in total. The number of nitrogens with one attached hydrogen (secondary N) is 1. The molecule has 124 valence electrons. The minimum absolute atomic E-state index is 0.550. The number of hydrogen-bond donors (Lipinski definition) is 1. The van der Waals surface area contributed by atoms with Crippen LogP contribution in [0, 0.1) is 0 Å². The molecular weight excluding hydrogens is 294 g/mol. The molecule has 3 heteroatoms. The monoisotopic (exact) mass is 319 g/mol. The molecule has 0 atom stereocenters. The molecular formula is C21H25N3. The highest BCUT2D eigenvalue weighted by molar-refractivity contribution is 5.81. The highest BCUT2D eigenvalue weighted by Crippen LogP contribution is 2.22. The lowest BCUT2D eigenvalue weighted by Gasteiger charge is -2.07. The number of rotatable bonds is 2. The predicted molar refractivity (Wildman–Crippen MR) is 102 cm³/mol. The van der Waals surface area contributed by atoms with Crippen molar-refractivity contribution in [3.63, 3.8) is 0 Å². The molecule has 0 saturated carbocycles. The van der Waals surface area contributed by atoms with Gasteiger partial charge in [-0.15, -0.1) is 0 Å². The molecule has 4 rings (SSSR count). The molecule has 0 unspecified atom stereocenters. The second-order valence-electron chi connectivity index (χ2n) is 6.76. The third-order valence-corrected chi connectivity index (χ3v) is 4.35. The van der Waals surface area contributed by atoms with Gasteiger partial charge in [-0.25, -0.2) is 0 Å². The Kier molecular flexibility index (Phi) is 4.70. The Morgan fingerprint density at radius 2 is 1.50 bits per heavy atom. The molecule has 0 amide bonds. The van der Waals surface area contributed by atoms with Gasteiger partial charge in [-0.1, -0.05) is 52.0 Å². The van der Waals surface area contributed by atoms with Gasteiger partial charge in [0.15, 0.2) is 0 Å². The lowest BCUT2D eigenvalue weighted by atomic mass is 10.0. The second kappa shape index (κ2) is 6.91. The van der Waals surface area contributed by atoms with E-state index in [2.05, 4.69) is 97.2 Å². The molecule has 0 bridgehead atoms. The van der Waals surface area contributed by atoms with Gasteiger partial charge in [-0.05, 0) is 41.2 Å². The van der Waals surface area contributed by atoms with Crippen LogP contribution in [0.2, 0.25) is 0 Å². The molecule has 24 heavy (non-hydrogen) atoms. The zero-order valence-corrected chi connectivity index (χ0v) is 14.8. The summed E-state index contributed by atoms with van der Waals surface area (Å²) < 4.78 is 2.16. The van der Waals surface area contributed by atoms with Crippen LogP contribution in [-0.4, -0.2) is 14.6 Å². The van der Waals surface area contributed by atoms with Crippen LogP contribution >= 0.6 is 0 Å². The van der Waals surface area contributed by atoms with Crippen molar-refractivity contribution in [2.24, 2.45) is 0 Å². The van der Waals surface area contributed by atoms with Crippen molar-refractivity contribution >= 4 is 16.4 Å². The lowest BCUT2D eigenvalue weighted by molar-refractivity contribution is 0.867. The van der Waals surface area contributed by atoms with Crippen molar-refractivity contribution < 1.29 is 0 Å². The van der Waals surface area contributed by atoms with Crippen LogP contribution in [0.25, 0.3) is 16.4 Å². The Balaban J connectivity index is 0.000000141. The number of benzene rings is 1. The Bertz CT molecular complexity index is 850. The average molecular weight is 319 g/mol. The van der Waals surface area contributed by atoms with E-state index >= 15 is 0 Å². The Morgan fingerprint density at radius 1 is 0.833 bits per heavy atom. The van der Waals surface area contributed by atoms with Crippen LogP contribution in [0.5, 0.6) is 0 Å². The fourth-order valence-corrected chi connectivity index (χ4v) is 3.05. The molecule has 0 spiro atoms. The smallest absolute Gasteiger partial charge is 0.0684 e. The zero-order valence-electron chi connectivity index (χ0n) is 14.8. The summed E-state index contributed by atoms with van der Waals surface area (Å²) in [4.78, 5) is 0. The van der Waals surface area contributed by atoms with Crippen LogP contribution in [0.4, 0.5) is 0 Å². The quantitative estimate of drug-likeness (QED) is 0.501. The van der Waals surface area contributed by atoms with E-state index in [1.165, 1.54) is 27.5 Å². The van der Waals surface area contributed by atoms with Crippen LogP contribution in [0.15, 0.2) is 61.1 Å². The molecule has 0 saturated heterocycles. The van der Waals surface area contributed by atoms with Crippen LogP contribution in [0.3, 0.4) is 0 Å². The third-order valence-electron chi connectivity index (χ3n) is 4.35. The van der Waals surface area contributed by atoms with Crippen LogP contribution in [-0.2, 0) is 0 Å². The number of hydrogen-bond acceptors (Lipinski definition) is 1. The predicted octanol–water partition coefficient (Wildman–Crippen LogP) is 5.75. The SMILES string of the molecule is CC(C)c1cccc2cn[nH]c12.CC(C)c1cccn2cccc12. The molecule has 3 aromatic heterocycles. The number of nitrogens with zero attached hydrogens (tertiary/aromatic N) is 2. The van der Waals surface area contributed by atoms with E-state index in [-0.39, 0.29) is 0 Å². The molecule has 3 heterocycles. The fourth-order valence-electron chi connectivity index (χ4n) is 3.05. The van der Waals surface area contributed by atoms with E-state index in [1.54, 1.807) is 0 Å². The van der Waals surface area contributed by atoms with E-state index in [9.17, 15) is 0 Å². The lowest BCUT2D eigenvalue weighted by Crippen LogP contribution is -1.91. The maximum Gasteiger partial charge on any atom is 0.0684 e. The Morgan fingerprint density at radius 3 is 2.21 bits per heavy atom. The molecule has 0 aliphatic rings. The fraction of sp³-hybridized carbons (Fsp3) is 0.286. The van der Waals surface area contributed by atoms with Gasteiger partial charge in [-0.3, -0.25) is 5.10 Å². The van der Waals surface area contributed by atoms with Gasteiger partial charge >= 0.3 is 0 Å². The highest BCUT2D eigenvalue weighted by atomic mass is 15.1. The number of H-pyrrole nitrogens is 1. The first-order valence-electron chi connectivity index (χ1n) is 8.55. The summed E-state index contributed by atoms with van der Waals surface area (Å²) in [6.45, 7) is 8.83. The maximum absolute atomic E-state index is 4.02. The topological polar surface area (TPSA) is 33.1 Å². The van der Waals surface area contributed by atoms with Gasteiger partial charge in [0.2, 0.25) is 0 Å². The molecule has 0 aliphatic carbocycles. The van der Waals surface area contributed by atoms with Gasteiger partial charge < -0.3 is 4.40 Å². The molecule has 0 radical (unpaired) electrons. The zero-order chi connectivity index (χ0) is 17.1. The third kappa shape index (κ3) is 3.21. The maximum atomic E-state index is 4.02. The molecule has 1 N–H and O–H groups in total. The minimum Gasteiger partial charge on any atom is -0.324 e. The van der Waals surface area contributed by atoms with Gasteiger partial charge in [0, 0.05) is 23.3 Å². The van der Waals surface area contributed by atoms with Crippen molar-refractivity contribution in [3.05, 3.63) is 72.2 Å². The van der Waals surface area contributed by atoms with Crippen LogP contribution < -0.4 is 0 Å². The van der Waals surface area contributed by atoms with Crippen LogP contribution in [0.1, 0.15) is 50.7 Å². The summed E-state index contributed by atoms with van der Waals surface area (Å²) in [6, 6.07) is 14.8. The summed E-state index contributed by atoms with van der Waals surface area (Å²) in [7, 11) is 0. The minimum atomic E-state index is 0.550. The number of para-hydroxylation sites is 1. The second-order valence-corrected chi connectivity index (χ2v) is 6.76. The first kappa shape index (κ1) is 16.3. The van der Waals surface area contributed by atoms with Gasteiger partial charge in [0.05, 0.1) is 11.7 Å². The van der Waals surface area contributed by atoms with E-state index < -0.39 is 0 Å². The molecule has 0 aliphatic heterocycles. The summed E-state index contributed by atoms with van der Waals surface area (Å²) >= 11 is 0. The van der Waals surface area contributed by atoms with E-state index in [4.69, 9.17) is 0 Å². The number of aromatic amines is 1. The number of aromatic nitrogens is 3. The molecule has 1 aromatic carbocycles. The van der Waals surface area contributed by atoms with E-state index in [0.717, 1.165) is 0 Å². The normalized spacial score (nSPS) is 11.2. The largest absolute Gasteiger partial charge is 0.324 e. The Hall–Kier alpha value is -2.55. The summed E-state index contributed by atoms with van der Waals surface area (Å²) in [6.07, 6.45) is 6.03. The molecule has 4 aromatic rings. The van der Waals surface area contributed by atoms with Gasteiger partial charge in [0.1, 0.15) is 0 Å². The van der Waals surface area contributed by atoms with Crippen molar-refractivity contribution in [2.45, 2.75) is 39.5 Å². The van der Waals surface area contributed by atoms with Crippen molar-refractivity contribution in [1.82, 2.24) is 14.6 Å². The highest BCUT2D eigenvalue weighted by Gasteiger charge is 2.05.